The van der Waals surface area contributed by atoms with Gasteiger partial charge in [0.1, 0.15) is 0 Å². The van der Waals surface area contributed by atoms with E-state index in [4.69, 9.17) is 5.11 Å². The molecule has 4 nitrogen and oxygen atoms in total. The summed E-state index contributed by atoms with van der Waals surface area (Å²) in [6.45, 7) is 8.13. The fourth-order valence-electron chi connectivity index (χ4n) is 2.65. The van der Waals surface area contributed by atoms with Crippen LogP contribution in [0.3, 0.4) is 0 Å². The molecule has 0 spiro atoms. The molecule has 2 atom stereocenters. The Balaban J connectivity index is 2.33. The van der Waals surface area contributed by atoms with Gasteiger partial charge in [-0.2, -0.15) is 5.10 Å². The minimum atomic E-state index is -0.702. The molecule has 1 aromatic heterocycles. The minimum absolute atomic E-state index is 0.0925. The molecule has 1 aliphatic rings. The molecule has 1 aromatic rings. The SMILES string of the molecule is CC(C)n1nccc1[C@H]1[C@H](C(=O)O)C1(C)C. The van der Waals surface area contributed by atoms with Crippen LogP contribution in [0.4, 0.5) is 0 Å². The summed E-state index contributed by atoms with van der Waals surface area (Å²) in [6, 6.07) is 2.21. The third-order valence-corrected chi connectivity index (χ3v) is 3.60. The number of rotatable bonds is 3. The molecule has 0 unspecified atom stereocenters. The quantitative estimate of drug-likeness (QED) is 0.853. The van der Waals surface area contributed by atoms with Crippen molar-refractivity contribution in [2.24, 2.45) is 11.3 Å². The number of hydrogen-bond donors (Lipinski definition) is 1. The fraction of sp³-hybridized carbons (Fsp3) is 0.667. The van der Waals surface area contributed by atoms with E-state index >= 15 is 0 Å². The van der Waals surface area contributed by atoms with Gasteiger partial charge < -0.3 is 5.11 Å². The van der Waals surface area contributed by atoms with Gasteiger partial charge >= 0.3 is 5.97 Å². The summed E-state index contributed by atoms with van der Waals surface area (Å²) >= 11 is 0. The highest BCUT2D eigenvalue weighted by Gasteiger charge is 2.63. The van der Waals surface area contributed by atoms with E-state index in [1.54, 1.807) is 6.20 Å². The first-order valence-electron chi connectivity index (χ1n) is 5.63. The van der Waals surface area contributed by atoms with Gasteiger partial charge in [0.05, 0.1) is 5.92 Å². The average Bonchev–Trinajstić information content (AvgIpc) is 2.59. The van der Waals surface area contributed by atoms with E-state index in [2.05, 4.69) is 18.9 Å². The van der Waals surface area contributed by atoms with E-state index in [1.165, 1.54) is 0 Å². The average molecular weight is 222 g/mol. The van der Waals surface area contributed by atoms with Crippen LogP contribution in [0.2, 0.25) is 0 Å². The zero-order valence-corrected chi connectivity index (χ0v) is 10.1. The largest absolute Gasteiger partial charge is 0.481 e. The Kier molecular flexibility index (Phi) is 2.33. The Morgan fingerprint density at radius 1 is 1.56 bits per heavy atom. The van der Waals surface area contributed by atoms with Crippen molar-refractivity contribution in [3.05, 3.63) is 18.0 Å². The van der Waals surface area contributed by atoms with E-state index in [9.17, 15) is 4.79 Å². The van der Waals surface area contributed by atoms with Gasteiger partial charge in [0.25, 0.3) is 0 Å². The first-order valence-corrected chi connectivity index (χ1v) is 5.63. The normalized spacial score (nSPS) is 27.1. The van der Waals surface area contributed by atoms with Gasteiger partial charge in [0, 0.05) is 23.9 Å². The lowest BCUT2D eigenvalue weighted by Crippen LogP contribution is -2.08. The van der Waals surface area contributed by atoms with E-state index in [1.807, 2.05) is 24.6 Å². The molecule has 1 heterocycles. The number of aromatic nitrogens is 2. The highest BCUT2D eigenvalue weighted by molar-refractivity contribution is 5.77. The standard InChI is InChI=1S/C12H18N2O2/c1-7(2)14-8(5-6-13-14)9-10(11(15)16)12(9,3)4/h5-7,9-10H,1-4H3,(H,15,16)/t9-,10+/m0/s1. The number of nitrogens with zero attached hydrogens (tertiary/aromatic N) is 2. The van der Waals surface area contributed by atoms with Crippen molar-refractivity contribution in [1.82, 2.24) is 9.78 Å². The summed E-state index contributed by atoms with van der Waals surface area (Å²) in [4.78, 5) is 11.1. The predicted octanol–water partition coefficient (Wildman–Crippen LogP) is 2.29. The van der Waals surface area contributed by atoms with Gasteiger partial charge in [0.2, 0.25) is 0 Å². The molecule has 16 heavy (non-hydrogen) atoms. The van der Waals surface area contributed by atoms with Gasteiger partial charge in [-0.05, 0) is 25.3 Å². The Labute approximate surface area is 95.3 Å². The summed E-state index contributed by atoms with van der Waals surface area (Å²) in [5, 5.41) is 13.4. The van der Waals surface area contributed by atoms with E-state index in [0.717, 1.165) is 5.69 Å². The smallest absolute Gasteiger partial charge is 0.307 e. The van der Waals surface area contributed by atoms with Gasteiger partial charge in [-0.1, -0.05) is 13.8 Å². The summed E-state index contributed by atoms with van der Waals surface area (Å²) in [5.74, 6) is -0.886. The number of carboxylic acids is 1. The van der Waals surface area contributed by atoms with E-state index < -0.39 is 5.97 Å². The molecule has 0 radical (unpaired) electrons. The predicted molar refractivity (Wildman–Crippen MR) is 60.3 cm³/mol. The van der Waals surface area contributed by atoms with Crippen LogP contribution in [0.5, 0.6) is 0 Å². The van der Waals surface area contributed by atoms with Crippen LogP contribution >= 0.6 is 0 Å². The number of hydrogen-bond acceptors (Lipinski definition) is 2. The third-order valence-electron chi connectivity index (χ3n) is 3.60. The van der Waals surface area contributed by atoms with Crippen molar-refractivity contribution < 1.29 is 9.90 Å². The Morgan fingerprint density at radius 2 is 2.19 bits per heavy atom. The Morgan fingerprint density at radius 3 is 2.62 bits per heavy atom. The number of carbonyl (C=O) groups is 1. The monoisotopic (exact) mass is 222 g/mol. The summed E-state index contributed by atoms with van der Waals surface area (Å²) in [7, 11) is 0. The molecular weight excluding hydrogens is 204 g/mol. The molecular formula is C12H18N2O2. The van der Waals surface area contributed by atoms with Gasteiger partial charge in [-0.15, -0.1) is 0 Å². The lowest BCUT2D eigenvalue weighted by molar-refractivity contribution is -0.139. The maximum atomic E-state index is 11.1. The van der Waals surface area contributed by atoms with Crippen LogP contribution in [0.1, 0.15) is 45.3 Å². The van der Waals surface area contributed by atoms with Gasteiger partial charge in [-0.3, -0.25) is 9.48 Å². The second kappa shape index (κ2) is 3.34. The van der Waals surface area contributed by atoms with Gasteiger partial charge in [-0.25, -0.2) is 0 Å². The molecule has 1 aliphatic carbocycles. The highest BCUT2D eigenvalue weighted by Crippen LogP contribution is 2.64. The van der Waals surface area contributed by atoms with Crippen molar-refractivity contribution in [2.45, 2.75) is 39.7 Å². The first kappa shape index (κ1) is 11.2. The lowest BCUT2D eigenvalue weighted by atomic mass is 10.1. The van der Waals surface area contributed by atoms with Crippen LogP contribution in [0.25, 0.3) is 0 Å². The molecule has 0 saturated heterocycles. The summed E-state index contributed by atoms with van der Waals surface area (Å²) in [5.41, 5.74) is 0.894. The fourth-order valence-corrected chi connectivity index (χ4v) is 2.65. The Hall–Kier alpha value is -1.32. The molecule has 1 fully saturated rings. The van der Waals surface area contributed by atoms with Crippen molar-refractivity contribution in [1.29, 1.82) is 0 Å². The van der Waals surface area contributed by atoms with Crippen molar-refractivity contribution in [2.75, 3.05) is 0 Å². The zero-order chi connectivity index (χ0) is 12.1. The molecule has 0 aliphatic heterocycles. The van der Waals surface area contributed by atoms with Gasteiger partial charge in [0.15, 0.2) is 0 Å². The molecule has 0 bridgehead atoms. The molecule has 1 saturated carbocycles. The van der Waals surface area contributed by atoms with Crippen LogP contribution in [0.15, 0.2) is 12.3 Å². The summed E-state index contributed by atoms with van der Waals surface area (Å²) < 4.78 is 1.93. The van der Waals surface area contributed by atoms with E-state index in [0.29, 0.717) is 0 Å². The van der Waals surface area contributed by atoms with Crippen molar-refractivity contribution >= 4 is 5.97 Å². The zero-order valence-electron chi connectivity index (χ0n) is 10.1. The molecule has 2 rings (SSSR count). The maximum absolute atomic E-state index is 11.1. The summed E-state index contributed by atoms with van der Waals surface area (Å²) in [6.07, 6.45) is 1.75. The molecule has 88 valence electrons. The maximum Gasteiger partial charge on any atom is 0.307 e. The van der Waals surface area contributed by atoms with Crippen LogP contribution < -0.4 is 0 Å². The molecule has 0 aromatic carbocycles. The Bertz CT molecular complexity index is 420. The molecule has 0 amide bonds. The highest BCUT2D eigenvalue weighted by atomic mass is 16.4. The minimum Gasteiger partial charge on any atom is -0.481 e. The van der Waals surface area contributed by atoms with Crippen molar-refractivity contribution in [3.63, 3.8) is 0 Å². The lowest BCUT2D eigenvalue weighted by Gasteiger charge is -2.11. The number of aliphatic carboxylic acids is 1. The number of carboxylic acid groups (broad SMARTS) is 1. The topological polar surface area (TPSA) is 55.1 Å². The second-order valence-electron chi connectivity index (χ2n) is 5.41. The third kappa shape index (κ3) is 1.44. The van der Waals surface area contributed by atoms with Crippen molar-refractivity contribution in [3.8, 4) is 0 Å². The van der Waals surface area contributed by atoms with Crippen LogP contribution in [-0.4, -0.2) is 20.9 Å². The van der Waals surface area contributed by atoms with E-state index in [-0.39, 0.29) is 23.3 Å². The molecule has 4 heteroatoms. The molecule has 1 N–H and O–H groups in total. The van der Waals surface area contributed by atoms with Crippen LogP contribution in [-0.2, 0) is 4.79 Å². The first-order chi connectivity index (χ1) is 7.37. The van der Waals surface area contributed by atoms with Crippen LogP contribution in [0, 0.1) is 11.3 Å². The second-order valence-corrected chi connectivity index (χ2v) is 5.41.